The number of hydrogen-bond acceptors (Lipinski definition) is 5. The number of rotatable bonds is 3. The summed E-state index contributed by atoms with van der Waals surface area (Å²) in [4.78, 5) is 23.1. The molecule has 0 atom stereocenters. The van der Waals surface area contributed by atoms with Gasteiger partial charge in [0.1, 0.15) is 17.5 Å². The summed E-state index contributed by atoms with van der Waals surface area (Å²) in [5.41, 5.74) is 4.30. The molecule has 0 aliphatic heterocycles. The predicted molar refractivity (Wildman–Crippen MR) is 81.1 cm³/mol. The fraction of sp³-hybridized carbons (Fsp3) is 0.235. The zero-order valence-electron chi connectivity index (χ0n) is 13.9. The second-order valence-corrected chi connectivity index (χ2v) is 5.50. The number of hydrogen-bond donors (Lipinski definition) is 1. The molecule has 1 aliphatic rings. The summed E-state index contributed by atoms with van der Waals surface area (Å²) in [6.45, 7) is 1.62. The number of halogens is 1. The summed E-state index contributed by atoms with van der Waals surface area (Å²) < 4.78 is 18.2. The van der Waals surface area contributed by atoms with E-state index in [1.165, 1.54) is 24.3 Å². The van der Waals surface area contributed by atoms with Gasteiger partial charge in [0.05, 0.1) is 5.71 Å². The van der Waals surface area contributed by atoms with Crippen molar-refractivity contribution in [1.82, 2.24) is 5.43 Å². The molecular weight excluding hydrogens is 354 g/mol. The van der Waals surface area contributed by atoms with Gasteiger partial charge in [-0.25, -0.2) is 9.82 Å². The van der Waals surface area contributed by atoms with E-state index in [1.54, 1.807) is 6.92 Å². The van der Waals surface area contributed by atoms with Crippen LogP contribution in [0, 0.1) is 12.7 Å². The van der Waals surface area contributed by atoms with Crippen molar-refractivity contribution >= 4 is 17.6 Å². The van der Waals surface area contributed by atoms with Gasteiger partial charge in [-0.15, -0.1) is 0 Å². The van der Waals surface area contributed by atoms with Crippen molar-refractivity contribution in [2.45, 2.75) is 26.2 Å². The number of aryl methyl sites for hydroxylation is 1. The molecule has 8 heteroatoms. The average molecular weight is 368 g/mol. The Balaban J connectivity index is 0.00000225. The molecule has 2 aromatic rings. The van der Waals surface area contributed by atoms with Crippen LogP contribution in [-0.2, 0) is 6.42 Å². The Bertz CT molecular complexity index is 843. The zero-order chi connectivity index (χ0) is 17.3. The molecule has 0 saturated heterocycles. The van der Waals surface area contributed by atoms with Gasteiger partial charge >= 0.3 is 51.4 Å². The number of amides is 1. The molecule has 1 aromatic heterocycles. The molecule has 0 fully saturated rings. The van der Waals surface area contributed by atoms with Crippen molar-refractivity contribution in [2.75, 3.05) is 0 Å². The van der Waals surface area contributed by atoms with Gasteiger partial charge < -0.3 is 14.3 Å². The topological polar surface area (TPSA) is 94.7 Å². The van der Waals surface area contributed by atoms with E-state index in [2.05, 4.69) is 10.5 Å². The average Bonchev–Trinajstić information content (AvgIpc) is 2.91. The molecule has 6 nitrogen and oxygen atoms in total. The Labute approximate surface area is 185 Å². The number of fused-ring (bicyclic) bond motifs is 1. The van der Waals surface area contributed by atoms with Gasteiger partial charge in [-0.2, -0.15) is 5.10 Å². The van der Waals surface area contributed by atoms with E-state index in [0.717, 1.165) is 6.42 Å². The Morgan fingerprint density at radius 1 is 1.24 bits per heavy atom. The van der Waals surface area contributed by atoms with Crippen molar-refractivity contribution in [3.8, 4) is 0 Å². The van der Waals surface area contributed by atoms with Gasteiger partial charge in [0.15, 0.2) is 5.76 Å². The molecule has 1 amide bonds. The van der Waals surface area contributed by atoms with E-state index < -0.39 is 17.7 Å². The number of carboxylic acids is 1. The molecule has 0 unspecified atom stereocenters. The monoisotopic (exact) mass is 368 g/mol. The van der Waals surface area contributed by atoms with E-state index in [-0.39, 0.29) is 62.7 Å². The standard InChI is InChI=1S/C17H15FN2O4.K/c1-9-14-12(3-2-4-13(14)24-15(9)17(22)23)19-20-16(21)10-5-7-11(18)8-6-10;/h5-8H,2-4H2,1H3,(H,20,21)(H,22,23);/q;+1/p-1/b19-12+;. The normalized spacial score (nSPS) is 14.6. The maximum absolute atomic E-state index is 12.9. The first-order chi connectivity index (χ1) is 11.5. The van der Waals surface area contributed by atoms with Crippen molar-refractivity contribution in [1.29, 1.82) is 0 Å². The number of furan rings is 1. The molecule has 1 N–H and O–H groups in total. The number of carbonyl (C=O) groups excluding carboxylic acids is 2. The van der Waals surface area contributed by atoms with Crippen LogP contribution in [0.1, 0.15) is 50.6 Å². The fourth-order valence-electron chi connectivity index (χ4n) is 2.76. The second-order valence-electron chi connectivity index (χ2n) is 5.50. The third-order valence-electron chi connectivity index (χ3n) is 3.91. The van der Waals surface area contributed by atoms with E-state index in [4.69, 9.17) is 4.42 Å². The summed E-state index contributed by atoms with van der Waals surface area (Å²) in [5.74, 6) is -1.96. The molecule has 1 aliphatic carbocycles. The summed E-state index contributed by atoms with van der Waals surface area (Å²) in [5, 5.41) is 15.2. The fourth-order valence-corrected chi connectivity index (χ4v) is 2.76. The number of benzene rings is 1. The Morgan fingerprint density at radius 2 is 1.92 bits per heavy atom. The molecule has 124 valence electrons. The van der Waals surface area contributed by atoms with Crippen molar-refractivity contribution in [3.05, 3.63) is 58.3 Å². The molecule has 1 heterocycles. The van der Waals surface area contributed by atoms with Crippen LogP contribution in [0.2, 0.25) is 0 Å². The number of carbonyl (C=O) groups is 2. The van der Waals surface area contributed by atoms with Crippen LogP contribution in [-0.4, -0.2) is 17.6 Å². The van der Waals surface area contributed by atoms with Crippen LogP contribution in [0.4, 0.5) is 4.39 Å². The largest absolute Gasteiger partial charge is 1.00 e. The Kier molecular flexibility index (Phi) is 6.69. The molecule has 1 aromatic carbocycles. The maximum atomic E-state index is 12.9. The second kappa shape index (κ2) is 8.37. The van der Waals surface area contributed by atoms with Crippen LogP contribution in [0.3, 0.4) is 0 Å². The van der Waals surface area contributed by atoms with E-state index in [9.17, 15) is 19.1 Å². The van der Waals surface area contributed by atoms with Crippen LogP contribution in [0.15, 0.2) is 33.8 Å². The number of hydrazone groups is 1. The summed E-state index contributed by atoms with van der Waals surface area (Å²) in [7, 11) is 0. The SMILES string of the molecule is Cc1c(C(=O)[O-])oc2c1/C(=N/NC(=O)c1ccc(F)cc1)CCC2.[K+]. The van der Waals surface area contributed by atoms with E-state index in [1.807, 2.05) is 0 Å². The Hall–Kier alpha value is -1.32. The molecular formula is C17H14FKN2O4. The summed E-state index contributed by atoms with van der Waals surface area (Å²) in [6, 6.07) is 5.09. The summed E-state index contributed by atoms with van der Waals surface area (Å²) in [6.07, 6.45) is 1.93. The van der Waals surface area contributed by atoms with Gasteiger partial charge in [-0.05, 0) is 44.0 Å². The Morgan fingerprint density at radius 3 is 2.56 bits per heavy atom. The van der Waals surface area contributed by atoms with Crippen LogP contribution in [0.25, 0.3) is 0 Å². The molecule has 25 heavy (non-hydrogen) atoms. The van der Waals surface area contributed by atoms with Crippen LogP contribution < -0.4 is 61.9 Å². The van der Waals surface area contributed by atoms with Gasteiger partial charge in [0, 0.05) is 23.1 Å². The zero-order valence-corrected chi connectivity index (χ0v) is 17.0. The predicted octanol–water partition coefficient (Wildman–Crippen LogP) is -1.43. The number of nitrogens with one attached hydrogen (secondary N) is 1. The van der Waals surface area contributed by atoms with Gasteiger partial charge in [-0.3, -0.25) is 4.79 Å². The molecule has 0 spiro atoms. The van der Waals surface area contributed by atoms with Gasteiger partial charge in [0.2, 0.25) is 0 Å². The van der Waals surface area contributed by atoms with Crippen molar-refractivity contribution < 1.29 is 74.9 Å². The minimum absolute atomic E-state index is 0. The molecule has 3 rings (SSSR count). The quantitative estimate of drug-likeness (QED) is 0.531. The van der Waals surface area contributed by atoms with Crippen molar-refractivity contribution in [2.24, 2.45) is 5.10 Å². The number of carboxylic acid groups (broad SMARTS) is 1. The minimum Gasteiger partial charge on any atom is -0.542 e. The first kappa shape index (κ1) is 20.0. The van der Waals surface area contributed by atoms with Crippen LogP contribution in [0.5, 0.6) is 0 Å². The van der Waals surface area contributed by atoms with Crippen LogP contribution >= 0.6 is 0 Å². The van der Waals surface area contributed by atoms with E-state index >= 15 is 0 Å². The molecule has 0 radical (unpaired) electrons. The molecule has 0 bridgehead atoms. The van der Waals surface area contributed by atoms with Gasteiger partial charge in [0.25, 0.3) is 5.91 Å². The van der Waals surface area contributed by atoms with E-state index in [0.29, 0.717) is 35.4 Å². The van der Waals surface area contributed by atoms with Gasteiger partial charge in [-0.1, -0.05) is 0 Å². The molecule has 0 saturated carbocycles. The number of aromatic carboxylic acids is 1. The summed E-state index contributed by atoms with van der Waals surface area (Å²) >= 11 is 0. The number of nitrogens with zero attached hydrogens (tertiary/aromatic N) is 1. The third kappa shape index (κ3) is 4.26. The maximum Gasteiger partial charge on any atom is 1.00 e. The minimum atomic E-state index is -1.38. The smallest absolute Gasteiger partial charge is 0.542 e. The third-order valence-corrected chi connectivity index (χ3v) is 3.91. The van der Waals surface area contributed by atoms with Crippen molar-refractivity contribution in [3.63, 3.8) is 0 Å². The first-order valence-electron chi connectivity index (χ1n) is 7.44. The first-order valence-corrected chi connectivity index (χ1v) is 7.44.